The second-order valence-electron chi connectivity index (χ2n) is 6.40. The van der Waals surface area contributed by atoms with E-state index in [1.54, 1.807) is 26.2 Å². The topological polar surface area (TPSA) is 92.2 Å². The average Bonchev–Trinajstić information content (AvgIpc) is 3.35. The normalized spacial score (nSPS) is 13.4. The van der Waals surface area contributed by atoms with Crippen molar-refractivity contribution in [1.82, 2.24) is 25.0 Å². The average molecular weight is 342 g/mol. The molecule has 2 aromatic rings. The first-order valence-corrected chi connectivity index (χ1v) is 8.19. The zero-order valence-electron chi connectivity index (χ0n) is 14.6. The molecule has 1 aliphatic carbocycles. The summed E-state index contributed by atoms with van der Waals surface area (Å²) in [6.45, 7) is 0.348. The lowest BCUT2D eigenvalue weighted by Gasteiger charge is -2.11. The molecule has 0 radical (unpaired) electrons. The van der Waals surface area contributed by atoms with Crippen LogP contribution in [0.15, 0.2) is 24.4 Å². The lowest BCUT2D eigenvalue weighted by molar-refractivity contribution is 0.0822. The first kappa shape index (κ1) is 16.9. The van der Waals surface area contributed by atoms with E-state index in [-0.39, 0.29) is 17.6 Å². The Kier molecular flexibility index (Phi) is 4.69. The molecule has 1 aliphatic rings. The molecule has 1 saturated carbocycles. The van der Waals surface area contributed by atoms with Crippen LogP contribution in [-0.2, 0) is 13.6 Å². The van der Waals surface area contributed by atoms with Crippen LogP contribution in [0.4, 0.5) is 10.5 Å². The smallest absolute Gasteiger partial charge is 0.319 e. The largest absolute Gasteiger partial charge is 0.343 e. The van der Waals surface area contributed by atoms with Crippen molar-refractivity contribution in [3.05, 3.63) is 41.5 Å². The molecule has 0 saturated heterocycles. The molecule has 132 valence electrons. The molecule has 0 unspecified atom stereocenters. The van der Waals surface area contributed by atoms with Crippen molar-refractivity contribution < 1.29 is 9.59 Å². The van der Waals surface area contributed by atoms with Crippen molar-refractivity contribution in [1.29, 1.82) is 0 Å². The van der Waals surface area contributed by atoms with Crippen LogP contribution in [0.1, 0.15) is 40.6 Å². The highest BCUT2D eigenvalue weighted by Gasteiger charge is 2.27. The number of carbonyl (C=O) groups excluding carboxylic acids is 2. The van der Waals surface area contributed by atoms with E-state index in [4.69, 9.17) is 0 Å². The Hall–Kier alpha value is -2.90. The minimum atomic E-state index is -0.354. The molecule has 0 aliphatic heterocycles. The Labute approximate surface area is 146 Å². The number of nitrogens with zero attached hydrogens (tertiary/aromatic N) is 4. The highest BCUT2D eigenvalue weighted by Crippen LogP contribution is 2.39. The number of aryl methyl sites for hydroxylation is 1. The van der Waals surface area contributed by atoms with Gasteiger partial charge in [0.05, 0.1) is 12.2 Å². The minimum absolute atomic E-state index is 0.217. The van der Waals surface area contributed by atoms with Crippen LogP contribution in [0.25, 0.3) is 0 Å². The number of rotatable bonds is 5. The zero-order chi connectivity index (χ0) is 18.0. The van der Waals surface area contributed by atoms with Crippen molar-refractivity contribution >= 4 is 17.6 Å². The molecule has 25 heavy (non-hydrogen) atoms. The lowest BCUT2D eigenvalue weighted by atomic mass is 10.2. The third-order valence-electron chi connectivity index (χ3n) is 4.04. The Bertz CT molecular complexity index is 794. The van der Waals surface area contributed by atoms with Crippen LogP contribution < -0.4 is 10.6 Å². The Morgan fingerprint density at radius 2 is 2.08 bits per heavy atom. The van der Waals surface area contributed by atoms with Crippen LogP contribution >= 0.6 is 0 Å². The summed E-state index contributed by atoms with van der Waals surface area (Å²) in [5.41, 5.74) is 2.84. The summed E-state index contributed by atoms with van der Waals surface area (Å²) < 4.78 is 1.88. The second kappa shape index (κ2) is 6.92. The monoisotopic (exact) mass is 342 g/mol. The fraction of sp³-hybridized carbons (Fsp3) is 0.412. The van der Waals surface area contributed by atoms with E-state index in [0.29, 0.717) is 18.2 Å². The summed E-state index contributed by atoms with van der Waals surface area (Å²) >= 11 is 0. The Morgan fingerprint density at radius 1 is 1.32 bits per heavy atom. The van der Waals surface area contributed by atoms with Gasteiger partial charge in [-0.3, -0.25) is 14.5 Å². The third kappa shape index (κ3) is 4.14. The highest BCUT2D eigenvalue weighted by atomic mass is 16.2. The molecule has 2 heterocycles. The number of anilines is 1. The first-order valence-electron chi connectivity index (χ1n) is 8.19. The van der Waals surface area contributed by atoms with E-state index < -0.39 is 0 Å². The fourth-order valence-electron chi connectivity index (χ4n) is 2.59. The number of hydrogen-bond acceptors (Lipinski definition) is 4. The third-order valence-corrected chi connectivity index (χ3v) is 4.04. The van der Waals surface area contributed by atoms with Crippen LogP contribution in [0.2, 0.25) is 0 Å². The predicted octanol–water partition coefficient (Wildman–Crippen LogP) is 1.72. The SMILES string of the molecule is CN(C)C(=O)c1cc(NC(=O)NCc2cc(C3CC3)n(C)n2)ccn1. The summed E-state index contributed by atoms with van der Waals surface area (Å²) in [5, 5.41) is 9.91. The predicted molar refractivity (Wildman–Crippen MR) is 93.3 cm³/mol. The Balaban J connectivity index is 1.56. The Morgan fingerprint density at radius 3 is 2.76 bits per heavy atom. The highest BCUT2D eigenvalue weighted by molar-refractivity contribution is 5.95. The number of urea groups is 1. The zero-order valence-corrected chi connectivity index (χ0v) is 14.6. The molecule has 2 N–H and O–H groups in total. The van der Waals surface area contributed by atoms with Crippen LogP contribution in [0.3, 0.4) is 0 Å². The standard InChI is InChI=1S/C17H22N6O2/c1-22(2)16(24)14-8-12(6-7-18-14)20-17(25)19-10-13-9-15(11-4-5-11)23(3)21-13/h6-9,11H,4-5,10H2,1-3H3,(H2,18,19,20,25). The molecule has 0 aromatic carbocycles. The molecular weight excluding hydrogens is 320 g/mol. The van der Waals surface area contributed by atoms with Crippen molar-refractivity contribution in [2.75, 3.05) is 19.4 Å². The lowest BCUT2D eigenvalue weighted by Crippen LogP contribution is -2.28. The van der Waals surface area contributed by atoms with Gasteiger partial charge < -0.3 is 15.5 Å². The van der Waals surface area contributed by atoms with Crippen molar-refractivity contribution in [3.63, 3.8) is 0 Å². The summed E-state index contributed by atoms with van der Waals surface area (Å²) in [7, 11) is 5.23. The van der Waals surface area contributed by atoms with Gasteiger partial charge in [0.25, 0.3) is 5.91 Å². The molecule has 8 heteroatoms. The number of amides is 3. The maximum Gasteiger partial charge on any atom is 0.319 e. The first-order chi connectivity index (χ1) is 11.9. The van der Waals surface area contributed by atoms with Gasteiger partial charge in [0.2, 0.25) is 0 Å². The fourth-order valence-corrected chi connectivity index (χ4v) is 2.59. The summed E-state index contributed by atoms with van der Waals surface area (Å²) in [4.78, 5) is 29.4. The van der Waals surface area contributed by atoms with Gasteiger partial charge in [0.15, 0.2) is 0 Å². The van der Waals surface area contributed by atoms with E-state index in [1.807, 2.05) is 17.8 Å². The van der Waals surface area contributed by atoms with Crippen molar-refractivity contribution in [3.8, 4) is 0 Å². The molecule has 1 fully saturated rings. The summed E-state index contributed by atoms with van der Waals surface area (Å²) in [5.74, 6) is 0.398. The van der Waals surface area contributed by atoms with Gasteiger partial charge in [-0.05, 0) is 31.0 Å². The number of pyridine rings is 1. The molecule has 2 aromatic heterocycles. The van der Waals surface area contributed by atoms with Gasteiger partial charge >= 0.3 is 6.03 Å². The molecular formula is C17H22N6O2. The van der Waals surface area contributed by atoms with Gasteiger partial charge in [-0.1, -0.05) is 0 Å². The molecule has 0 atom stereocenters. The van der Waals surface area contributed by atoms with E-state index >= 15 is 0 Å². The van der Waals surface area contributed by atoms with E-state index in [0.717, 1.165) is 5.69 Å². The van der Waals surface area contributed by atoms with Crippen LogP contribution in [0, 0.1) is 0 Å². The van der Waals surface area contributed by atoms with Gasteiger partial charge in [-0.25, -0.2) is 4.79 Å². The van der Waals surface area contributed by atoms with Crippen LogP contribution in [0.5, 0.6) is 0 Å². The number of carbonyl (C=O) groups is 2. The quantitative estimate of drug-likeness (QED) is 0.865. The number of nitrogens with one attached hydrogen (secondary N) is 2. The molecule has 0 spiro atoms. The van der Waals surface area contributed by atoms with Gasteiger partial charge in [-0.15, -0.1) is 0 Å². The summed E-state index contributed by atoms with van der Waals surface area (Å²) in [6.07, 6.45) is 3.92. The van der Waals surface area contributed by atoms with E-state index in [2.05, 4.69) is 20.7 Å². The van der Waals surface area contributed by atoms with Crippen molar-refractivity contribution in [2.45, 2.75) is 25.3 Å². The van der Waals surface area contributed by atoms with Crippen LogP contribution in [-0.4, -0.2) is 45.7 Å². The maximum atomic E-state index is 12.1. The van der Waals surface area contributed by atoms with Gasteiger partial charge in [-0.2, -0.15) is 5.10 Å². The number of hydrogen-bond donors (Lipinski definition) is 2. The molecule has 3 rings (SSSR count). The molecule has 3 amide bonds. The second-order valence-corrected chi connectivity index (χ2v) is 6.40. The van der Waals surface area contributed by atoms with Crippen molar-refractivity contribution in [2.24, 2.45) is 7.05 Å². The van der Waals surface area contributed by atoms with E-state index in [1.165, 1.54) is 29.6 Å². The minimum Gasteiger partial charge on any atom is -0.343 e. The number of aromatic nitrogens is 3. The van der Waals surface area contributed by atoms with Gasteiger partial charge in [0, 0.05) is 44.6 Å². The molecule has 0 bridgehead atoms. The maximum absolute atomic E-state index is 12.1. The summed E-state index contributed by atoms with van der Waals surface area (Å²) in [6, 6.07) is 4.87. The van der Waals surface area contributed by atoms with E-state index in [9.17, 15) is 9.59 Å². The van der Waals surface area contributed by atoms with Gasteiger partial charge in [0.1, 0.15) is 5.69 Å². The molecule has 8 nitrogen and oxygen atoms in total.